The summed E-state index contributed by atoms with van der Waals surface area (Å²) in [6, 6.07) is 11.8. The Bertz CT molecular complexity index is 1240. The number of rotatable bonds is 2. The molecule has 146 valence electrons. The highest BCUT2D eigenvalue weighted by molar-refractivity contribution is 6.30. The molecule has 4 heterocycles. The van der Waals surface area contributed by atoms with Crippen LogP contribution in [0.4, 0.5) is 0 Å². The molecule has 0 aliphatic carbocycles. The van der Waals surface area contributed by atoms with Gasteiger partial charge in [-0.25, -0.2) is 4.52 Å². The Kier molecular flexibility index (Phi) is 4.17. The first-order valence-electron chi connectivity index (χ1n) is 9.58. The van der Waals surface area contributed by atoms with Crippen LogP contribution in [0.25, 0.3) is 16.6 Å². The maximum absolute atomic E-state index is 13.3. The Morgan fingerprint density at radius 3 is 2.86 bits per heavy atom. The van der Waals surface area contributed by atoms with Crippen LogP contribution >= 0.6 is 11.6 Å². The van der Waals surface area contributed by atoms with Crippen LogP contribution in [0.2, 0.25) is 5.02 Å². The zero-order valence-corrected chi connectivity index (χ0v) is 17.0. The fourth-order valence-electron chi connectivity index (χ4n) is 4.22. The van der Waals surface area contributed by atoms with E-state index in [-0.39, 0.29) is 11.9 Å². The third-order valence-corrected chi connectivity index (χ3v) is 5.85. The normalized spacial score (nSPS) is 16.2. The number of fused-ring (bicyclic) bond motifs is 2. The largest absolute Gasteiger partial charge is 0.330 e. The van der Waals surface area contributed by atoms with Gasteiger partial charge in [-0.15, -0.1) is 0 Å². The van der Waals surface area contributed by atoms with Crippen molar-refractivity contribution in [1.82, 2.24) is 24.3 Å². The summed E-state index contributed by atoms with van der Waals surface area (Å²) in [7, 11) is 1.91. The third kappa shape index (κ3) is 3.00. The number of aromatic nitrogens is 4. The number of amides is 1. The SMILES string of the molecule is CC1c2c(cccc2-c2cnn(C)c2)CCN1C(=O)c1cc2ccc(Cl)cn2n1. The monoisotopic (exact) mass is 405 g/mol. The Balaban J connectivity index is 1.53. The quantitative estimate of drug-likeness (QED) is 0.503. The van der Waals surface area contributed by atoms with E-state index in [0.29, 0.717) is 17.3 Å². The predicted octanol–water partition coefficient (Wildman–Crippen LogP) is 4.15. The number of benzene rings is 1. The molecule has 0 N–H and O–H groups in total. The van der Waals surface area contributed by atoms with Crippen molar-refractivity contribution in [2.24, 2.45) is 7.05 Å². The van der Waals surface area contributed by atoms with Crippen LogP contribution in [-0.4, -0.2) is 36.7 Å². The van der Waals surface area contributed by atoms with Crippen LogP contribution in [0.5, 0.6) is 0 Å². The molecule has 7 heteroatoms. The fraction of sp³-hybridized carbons (Fsp3) is 0.227. The van der Waals surface area contributed by atoms with Crippen LogP contribution in [0, 0.1) is 0 Å². The molecule has 0 bridgehead atoms. The van der Waals surface area contributed by atoms with Gasteiger partial charge in [-0.3, -0.25) is 9.48 Å². The zero-order chi connectivity index (χ0) is 20.1. The minimum atomic E-state index is -0.0658. The lowest BCUT2D eigenvalue weighted by atomic mass is 9.87. The van der Waals surface area contributed by atoms with Gasteiger partial charge < -0.3 is 4.90 Å². The van der Waals surface area contributed by atoms with Gasteiger partial charge in [-0.2, -0.15) is 10.2 Å². The van der Waals surface area contributed by atoms with Crippen molar-refractivity contribution in [3.63, 3.8) is 0 Å². The minimum Gasteiger partial charge on any atom is -0.330 e. The molecule has 29 heavy (non-hydrogen) atoms. The van der Waals surface area contributed by atoms with Crippen molar-refractivity contribution in [2.45, 2.75) is 19.4 Å². The number of aryl methyl sites for hydroxylation is 1. The fourth-order valence-corrected chi connectivity index (χ4v) is 4.37. The van der Waals surface area contributed by atoms with Gasteiger partial charge in [0.15, 0.2) is 5.69 Å². The maximum atomic E-state index is 13.3. The van der Waals surface area contributed by atoms with E-state index in [0.717, 1.165) is 23.1 Å². The van der Waals surface area contributed by atoms with Crippen LogP contribution in [0.15, 0.2) is 55.0 Å². The molecule has 1 aliphatic rings. The number of hydrogen-bond acceptors (Lipinski definition) is 3. The molecule has 0 fully saturated rings. The van der Waals surface area contributed by atoms with Crippen LogP contribution in [0.3, 0.4) is 0 Å². The van der Waals surface area contributed by atoms with E-state index in [4.69, 9.17) is 11.6 Å². The lowest BCUT2D eigenvalue weighted by molar-refractivity contribution is 0.0672. The Morgan fingerprint density at radius 1 is 1.21 bits per heavy atom. The topological polar surface area (TPSA) is 55.4 Å². The van der Waals surface area contributed by atoms with E-state index in [1.165, 1.54) is 11.1 Å². The van der Waals surface area contributed by atoms with Gasteiger partial charge in [0, 0.05) is 31.5 Å². The van der Waals surface area contributed by atoms with E-state index in [1.54, 1.807) is 21.5 Å². The molecule has 4 aromatic rings. The van der Waals surface area contributed by atoms with Crippen molar-refractivity contribution >= 4 is 23.0 Å². The smallest absolute Gasteiger partial charge is 0.274 e. The minimum absolute atomic E-state index is 0.0592. The summed E-state index contributed by atoms with van der Waals surface area (Å²) in [5, 5.41) is 9.35. The summed E-state index contributed by atoms with van der Waals surface area (Å²) in [6.07, 6.45) is 6.41. The first-order valence-corrected chi connectivity index (χ1v) is 9.96. The highest BCUT2D eigenvalue weighted by Crippen LogP contribution is 2.37. The van der Waals surface area contributed by atoms with Gasteiger partial charge in [0.1, 0.15) is 0 Å². The van der Waals surface area contributed by atoms with Crippen molar-refractivity contribution in [1.29, 1.82) is 0 Å². The summed E-state index contributed by atoms with van der Waals surface area (Å²) in [4.78, 5) is 15.2. The number of halogens is 1. The van der Waals surface area contributed by atoms with E-state index < -0.39 is 0 Å². The molecule has 1 unspecified atom stereocenters. The summed E-state index contributed by atoms with van der Waals surface area (Å²) in [6.45, 7) is 2.75. The Morgan fingerprint density at radius 2 is 2.07 bits per heavy atom. The molecular weight excluding hydrogens is 386 g/mol. The van der Waals surface area contributed by atoms with Gasteiger partial charge >= 0.3 is 0 Å². The van der Waals surface area contributed by atoms with Crippen molar-refractivity contribution in [2.75, 3.05) is 6.54 Å². The number of carbonyl (C=O) groups excluding carboxylic acids is 1. The average molecular weight is 406 g/mol. The number of carbonyl (C=O) groups is 1. The van der Waals surface area contributed by atoms with Gasteiger partial charge in [-0.1, -0.05) is 29.8 Å². The molecule has 1 aliphatic heterocycles. The second-order valence-electron chi connectivity index (χ2n) is 7.45. The maximum Gasteiger partial charge on any atom is 0.274 e. The average Bonchev–Trinajstić information content (AvgIpc) is 3.33. The van der Waals surface area contributed by atoms with Gasteiger partial charge in [0.05, 0.1) is 22.8 Å². The molecule has 1 aromatic carbocycles. The molecule has 0 spiro atoms. The summed E-state index contributed by atoms with van der Waals surface area (Å²) in [5.41, 5.74) is 5.94. The van der Waals surface area contributed by atoms with Gasteiger partial charge in [-0.05, 0) is 48.2 Å². The summed E-state index contributed by atoms with van der Waals surface area (Å²) < 4.78 is 3.45. The Labute approximate surface area is 173 Å². The number of pyridine rings is 1. The molecule has 0 saturated heterocycles. The molecule has 1 amide bonds. The molecule has 5 rings (SSSR count). The predicted molar refractivity (Wildman–Crippen MR) is 112 cm³/mol. The van der Waals surface area contributed by atoms with E-state index in [2.05, 4.69) is 35.3 Å². The Hall–Kier alpha value is -3.12. The zero-order valence-electron chi connectivity index (χ0n) is 16.2. The molecule has 0 saturated carbocycles. The molecule has 3 aromatic heterocycles. The van der Waals surface area contributed by atoms with Crippen LogP contribution in [0.1, 0.15) is 34.6 Å². The molecule has 6 nitrogen and oxygen atoms in total. The highest BCUT2D eigenvalue weighted by Gasteiger charge is 2.31. The van der Waals surface area contributed by atoms with E-state index in [1.807, 2.05) is 36.5 Å². The summed E-state index contributed by atoms with van der Waals surface area (Å²) >= 11 is 6.05. The molecular formula is C22H20ClN5O. The van der Waals surface area contributed by atoms with Crippen LogP contribution < -0.4 is 0 Å². The third-order valence-electron chi connectivity index (χ3n) is 5.62. The van der Waals surface area contributed by atoms with E-state index >= 15 is 0 Å². The second kappa shape index (κ2) is 6.74. The lowest BCUT2D eigenvalue weighted by Gasteiger charge is -2.36. The van der Waals surface area contributed by atoms with Gasteiger partial charge in [0.2, 0.25) is 0 Å². The van der Waals surface area contributed by atoms with Crippen molar-refractivity contribution in [3.8, 4) is 11.1 Å². The standard InChI is InChI=1S/C22H20ClN5O/c1-14-21-15(4-3-5-19(21)16-11-24-26(2)12-16)8-9-27(14)22(29)20-10-18-7-6-17(23)13-28(18)25-20/h3-7,10-14H,8-9H2,1-2H3. The second-order valence-corrected chi connectivity index (χ2v) is 7.89. The first-order chi connectivity index (χ1) is 14.0. The van der Waals surface area contributed by atoms with Gasteiger partial charge in [0.25, 0.3) is 5.91 Å². The first kappa shape index (κ1) is 17.9. The van der Waals surface area contributed by atoms with E-state index in [9.17, 15) is 4.79 Å². The molecule has 0 radical (unpaired) electrons. The number of hydrogen-bond donors (Lipinski definition) is 0. The number of nitrogens with zero attached hydrogens (tertiary/aromatic N) is 5. The molecule has 1 atom stereocenters. The highest BCUT2D eigenvalue weighted by atomic mass is 35.5. The summed E-state index contributed by atoms with van der Waals surface area (Å²) in [5.74, 6) is -0.0658. The van der Waals surface area contributed by atoms with Crippen molar-refractivity contribution in [3.05, 3.63) is 76.8 Å². The van der Waals surface area contributed by atoms with Crippen LogP contribution in [-0.2, 0) is 13.5 Å². The van der Waals surface area contributed by atoms with Crippen molar-refractivity contribution < 1.29 is 4.79 Å². The lowest BCUT2D eigenvalue weighted by Crippen LogP contribution is -2.39.